The highest BCUT2D eigenvalue weighted by Crippen LogP contribution is 2.10. The first-order valence-corrected chi connectivity index (χ1v) is 6.96. The van der Waals surface area contributed by atoms with Crippen molar-refractivity contribution in [2.24, 2.45) is 12.0 Å². The molecule has 0 spiro atoms. The number of ether oxygens (including phenoxy) is 1. The molecule has 1 aliphatic rings. The Kier molecular flexibility index (Phi) is 8.36. The molecule has 0 aromatic carbocycles. The molecule has 0 radical (unpaired) electrons. The van der Waals surface area contributed by atoms with E-state index in [1.54, 1.807) is 13.2 Å². The van der Waals surface area contributed by atoms with Gasteiger partial charge in [-0.2, -0.15) is 5.10 Å². The normalized spacial score (nSPS) is 15.1. The molecule has 1 aromatic rings. The van der Waals surface area contributed by atoms with Crippen LogP contribution in [0.25, 0.3) is 0 Å². The highest BCUT2D eigenvalue weighted by atomic mass is 127. The van der Waals surface area contributed by atoms with Crippen LogP contribution in [0.5, 0.6) is 0 Å². The van der Waals surface area contributed by atoms with Gasteiger partial charge in [0.25, 0.3) is 0 Å². The second-order valence-electron chi connectivity index (χ2n) is 4.74. The Balaban J connectivity index is 0.00000220. The third-order valence-electron chi connectivity index (χ3n) is 3.38. The number of hydrogen-bond donors (Lipinski definition) is 2. The van der Waals surface area contributed by atoms with Crippen LogP contribution in [0.3, 0.4) is 0 Å². The topological polar surface area (TPSA) is 63.5 Å². The standard InChI is InChI=1S/C14H23N5O.HI/c1-15-14(17-11-13-4-8-18-19(13)2)16-7-3-12-5-9-20-10-6-12;/h4-5,8H,3,6-7,9-11H2,1-2H3,(H2,15,16,17);1H. The number of nitrogens with zero attached hydrogens (tertiary/aromatic N) is 3. The maximum absolute atomic E-state index is 5.30. The summed E-state index contributed by atoms with van der Waals surface area (Å²) >= 11 is 0. The maximum Gasteiger partial charge on any atom is 0.191 e. The number of aryl methyl sites for hydroxylation is 1. The maximum atomic E-state index is 5.30. The summed E-state index contributed by atoms with van der Waals surface area (Å²) < 4.78 is 7.15. The predicted octanol–water partition coefficient (Wildman–Crippen LogP) is 1.44. The molecule has 118 valence electrons. The Morgan fingerprint density at radius 3 is 2.95 bits per heavy atom. The summed E-state index contributed by atoms with van der Waals surface area (Å²) in [7, 11) is 3.72. The fourth-order valence-corrected chi connectivity index (χ4v) is 2.10. The zero-order valence-electron chi connectivity index (χ0n) is 12.6. The van der Waals surface area contributed by atoms with Crippen LogP contribution in [0.2, 0.25) is 0 Å². The number of hydrogen-bond acceptors (Lipinski definition) is 3. The van der Waals surface area contributed by atoms with Gasteiger partial charge >= 0.3 is 0 Å². The molecule has 1 aliphatic heterocycles. The third kappa shape index (κ3) is 6.04. The van der Waals surface area contributed by atoms with Crippen molar-refractivity contribution in [3.63, 3.8) is 0 Å². The molecule has 0 aliphatic carbocycles. The smallest absolute Gasteiger partial charge is 0.191 e. The van der Waals surface area contributed by atoms with Crippen LogP contribution >= 0.6 is 24.0 Å². The molecule has 0 bridgehead atoms. The lowest BCUT2D eigenvalue weighted by molar-refractivity contribution is 0.153. The van der Waals surface area contributed by atoms with Gasteiger partial charge in [-0.05, 0) is 18.9 Å². The largest absolute Gasteiger partial charge is 0.377 e. The molecule has 0 amide bonds. The molecule has 0 atom stereocenters. The molecule has 0 unspecified atom stereocenters. The lowest BCUT2D eigenvalue weighted by atomic mass is 10.1. The summed E-state index contributed by atoms with van der Waals surface area (Å²) in [5.74, 6) is 0.818. The van der Waals surface area contributed by atoms with E-state index in [1.165, 1.54) is 5.57 Å². The van der Waals surface area contributed by atoms with Crippen LogP contribution in [0, 0.1) is 0 Å². The minimum absolute atomic E-state index is 0. The molecule has 2 N–H and O–H groups in total. The van der Waals surface area contributed by atoms with E-state index in [-0.39, 0.29) is 24.0 Å². The average Bonchev–Trinajstić information content (AvgIpc) is 2.89. The molecular weight excluding hydrogens is 381 g/mol. The summed E-state index contributed by atoms with van der Waals surface area (Å²) in [6, 6.07) is 1.99. The summed E-state index contributed by atoms with van der Waals surface area (Å²) in [4.78, 5) is 4.22. The summed E-state index contributed by atoms with van der Waals surface area (Å²) in [6.45, 7) is 3.20. The van der Waals surface area contributed by atoms with E-state index < -0.39 is 0 Å². The van der Waals surface area contributed by atoms with Crippen molar-refractivity contribution in [1.29, 1.82) is 0 Å². The first-order chi connectivity index (χ1) is 9.79. The molecule has 2 rings (SSSR count). The monoisotopic (exact) mass is 405 g/mol. The van der Waals surface area contributed by atoms with E-state index in [0.717, 1.165) is 44.3 Å². The van der Waals surface area contributed by atoms with Crippen molar-refractivity contribution >= 4 is 29.9 Å². The fourth-order valence-electron chi connectivity index (χ4n) is 2.10. The summed E-state index contributed by atoms with van der Waals surface area (Å²) in [5, 5.41) is 10.8. The number of halogens is 1. The van der Waals surface area contributed by atoms with Crippen molar-refractivity contribution in [3.8, 4) is 0 Å². The summed E-state index contributed by atoms with van der Waals surface area (Å²) in [5.41, 5.74) is 2.59. The second kappa shape index (κ2) is 9.78. The predicted molar refractivity (Wildman–Crippen MR) is 95.0 cm³/mol. The number of guanidine groups is 1. The van der Waals surface area contributed by atoms with Crippen LogP contribution in [0.1, 0.15) is 18.5 Å². The second-order valence-corrected chi connectivity index (χ2v) is 4.74. The van der Waals surface area contributed by atoms with Crippen LogP contribution in [-0.2, 0) is 18.3 Å². The van der Waals surface area contributed by atoms with Gasteiger partial charge in [-0.25, -0.2) is 0 Å². The van der Waals surface area contributed by atoms with E-state index in [0.29, 0.717) is 6.54 Å². The number of rotatable bonds is 5. The molecule has 6 nitrogen and oxygen atoms in total. The number of nitrogens with one attached hydrogen (secondary N) is 2. The van der Waals surface area contributed by atoms with E-state index in [4.69, 9.17) is 4.74 Å². The van der Waals surface area contributed by atoms with Gasteiger partial charge in [-0.3, -0.25) is 9.67 Å². The van der Waals surface area contributed by atoms with Crippen molar-refractivity contribution in [1.82, 2.24) is 20.4 Å². The van der Waals surface area contributed by atoms with Gasteiger partial charge in [0, 0.05) is 26.8 Å². The highest BCUT2D eigenvalue weighted by Gasteiger charge is 2.04. The SMILES string of the molecule is CN=C(NCCC1=CCOCC1)NCc1ccnn1C.I. The van der Waals surface area contributed by atoms with E-state index in [9.17, 15) is 0 Å². The van der Waals surface area contributed by atoms with Crippen molar-refractivity contribution < 1.29 is 4.74 Å². The minimum atomic E-state index is 0. The molecule has 2 heterocycles. The van der Waals surface area contributed by atoms with E-state index in [2.05, 4.69) is 26.8 Å². The van der Waals surface area contributed by atoms with E-state index >= 15 is 0 Å². The fraction of sp³-hybridized carbons (Fsp3) is 0.571. The van der Waals surface area contributed by atoms with Gasteiger partial charge in [0.05, 0.1) is 25.5 Å². The lowest BCUT2D eigenvalue weighted by Crippen LogP contribution is -2.37. The minimum Gasteiger partial charge on any atom is -0.377 e. The Hall–Kier alpha value is -1.09. The molecule has 0 saturated carbocycles. The Morgan fingerprint density at radius 2 is 2.33 bits per heavy atom. The Morgan fingerprint density at radius 1 is 1.48 bits per heavy atom. The lowest BCUT2D eigenvalue weighted by Gasteiger charge is -2.15. The van der Waals surface area contributed by atoms with Crippen LogP contribution in [0.4, 0.5) is 0 Å². The zero-order chi connectivity index (χ0) is 14.2. The first-order valence-electron chi connectivity index (χ1n) is 6.96. The quantitative estimate of drug-likeness (QED) is 0.337. The number of aromatic nitrogens is 2. The van der Waals surface area contributed by atoms with Gasteiger partial charge < -0.3 is 15.4 Å². The van der Waals surface area contributed by atoms with Gasteiger partial charge in [-0.15, -0.1) is 24.0 Å². The molecule has 0 fully saturated rings. The van der Waals surface area contributed by atoms with Gasteiger partial charge in [0.1, 0.15) is 0 Å². The Labute approximate surface area is 143 Å². The Bertz CT molecular complexity index is 483. The van der Waals surface area contributed by atoms with Crippen LogP contribution in [0.15, 0.2) is 28.9 Å². The third-order valence-corrected chi connectivity index (χ3v) is 3.38. The molecule has 7 heteroatoms. The van der Waals surface area contributed by atoms with Gasteiger partial charge in [-0.1, -0.05) is 11.6 Å². The molecule has 21 heavy (non-hydrogen) atoms. The van der Waals surface area contributed by atoms with Gasteiger partial charge in [0.15, 0.2) is 5.96 Å². The molecular formula is C14H24IN5O. The van der Waals surface area contributed by atoms with Crippen LogP contribution in [-0.4, -0.2) is 42.5 Å². The van der Waals surface area contributed by atoms with Crippen LogP contribution < -0.4 is 10.6 Å². The van der Waals surface area contributed by atoms with Gasteiger partial charge in [0.2, 0.25) is 0 Å². The molecule has 1 aromatic heterocycles. The average molecular weight is 405 g/mol. The summed E-state index contributed by atoms with van der Waals surface area (Å²) in [6.07, 6.45) is 6.06. The highest BCUT2D eigenvalue weighted by molar-refractivity contribution is 14.0. The first kappa shape index (κ1) is 18.0. The van der Waals surface area contributed by atoms with Crippen molar-refractivity contribution in [2.75, 3.05) is 26.8 Å². The van der Waals surface area contributed by atoms with Crippen molar-refractivity contribution in [2.45, 2.75) is 19.4 Å². The van der Waals surface area contributed by atoms with E-state index in [1.807, 2.05) is 17.8 Å². The molecule has 0 saturated heterocycles. The number of aliphatic imine (C=N–C) groups is 1. The van der Waals surface area contributed by atoms with Crippen molar-refractivity contribution in [3.05, 3.63) is 29.6 Å². The zero-order valence-corrected chi connectivity index (χ0v) is 15.0.